The third-order valence-corrected chi connectivity index (χ3v) is 4.08. The van der Waals surface area contributed by atoms with Gasteiger partial charge in [0, 0.05) is 5.54 Å². The molecule has 21 heavy (non-hydrogen) atoms. The predicted molar refractivity (Wildman–Crippen MR) is 94.8 cm³/mol. The molecule has 1 rings (SSSR count). The molecule has 0 saturated carbocycles. The molecule has 2 atom stereocenters. The van der Waals surface area contributed by atoms with Crippen LogP contribution in [-0.4, -0.2) is 12.1 Å². The van der Waals surface area contributed by atoms with Crippen LogP contribution >= 0.6 is 0 Å². The molecule has 0 aliphatic rings. The van der Waals surface area contributed by atoms with Gasteiger partial charge in [0.25, 0.3) is 0 Å². The largest absolute Gasteiger partial charge is 0.312 e. The van der Waals surface area contributed by atoms with Crippen molar-refractivity contribution in [2.45, 2.75) is 72.8 Å². The predicted octanol–water partition coefficient (Wildman–Crippen LogP) is 5.37. The summed E-state index contributed by atoms with van der Waals surface area (Å²) in [6.45, 7) is 14.7. The quantitative estimate of drug-likeness (QED) is 0.678. The van der Waals surface area contributed by atoms with E-state index >= 15 is 0 Å². The van der Waals surface area contributed by atoms with Crippen molar-refractivity contribution in [2.24, 2.45) is 11.8 Å². The van der Waals surface area contributed by atoms with Crippen molar-refractivity contribution in [1.29, 1.82) is 0 Å². The molecule has 0 aliphatic carbocycles. The van der Waals surface area contributed by atoms with Crippen LogP contribution in [0.1, 0.15) is 65.0 Å². The Morgan fingerprint density at radius 2 is 1.71 bits per heavy atom. The lowest BCUT2D eigenvalue weighted by Crippen LogP contribution is -2.40. The van der Waals surface area contributed by atoms with Crippen LogP contribution in [0, 0.1) is 18.8 Å². The van der Waals surface area contributed by atoms with Crippen LogP contribution < -0.4 is 5.32 Å². The van der Waals surface area contributed by atoms with E-state index in [1.807, 2.05) is 0 Å². The van der Waals surface area contributed by atoms with Gasteiger partial charge in [-0.2, -0.15) is 0 Å². The molecule has 0 heterocycles. The molecule has 0 amide bonds. The molecule has 1 nitrogen and oxygen atoms in total. The molecular weight excluding hydrogens is 254 g/mol. The number of nitrogens with one attached hydrogen (secondary N) is 1. The second kappa shape index (κ2) is 8.58. The summed E-state index contributed by atoms with van der Waals surface area (Å²) in [7, 11) is 0. The van der Waals surface area contributed by atoms with E-state index in [-0.39, 0.29) is 5.54 Å². The SMILES string of the molecule is CCCC(C)CC(CNC(C)(C)C)Cc1ccc(C)cc1. The van der Waals surface area contributed by atoms with E-state index in [2.05, 4.69) is 71.1 Å². The average Bonchev–Trinajstić information content (AvgIpc) is 2.38. The van der Waals surface area contributed by atoms with Gasteiger partial charge >= 0.3 is 0 Å². The monoisotopic (exact) mass is 289 g/mol. The zero-order valence-electron chi connectivity index (χ0n) is 15.0. The zero-order chi connectivity index (χ0) is 15.9. The molecular formula is C20H35N. The molecule has 0 bridgehead atoms. The van der Waals surface area contributed by atoms with Gasteiger partial charge in [0.05, 0.1) is 0 Å². The molecule has 2 unspecified atom stereocenters. The maximum absolute atomic E-state index is 3.70. The Bertz CT molecular complexity index is 385. The van der Waals surface area contributed by atoms with E-state index in [9.17, 15) is 0 Å². The highest BCUT2D eigenvalue weighted by Crippen LogP contribution is 2.21. The van der Waals surface area contributed by atoms with E-state index < -0.39 is 0 Å². The van der Waals surface area contributed by atoms with E-state index in [1.165, 1.54) is 36.8 Å². The van der Waals surface area contributed by atoms with Crippen LogP contribution in [0.15, 0.2) is 24.3 Å². The van der Waals surface area contributed by atoms with Crippen molar-refractivity contribution in [2.75, 3.05) is 6.54 Å². The molecule has 0 saturated heterocycles. The van der Waals surface area contributed by atoms with Crippen LogP contribution in [-0.2, 0) is 6.42 Å². The Morgan fingerprint density at radius 3 is 2.24 bits per heavy atom. The molecule has 1 aromatic rings. The van der Waals surface area contributed by atoms with Gasteiger partial charge in [-0.25, -0.2) is 0 Å². The summed E-state index contributed by atoms with van der Waals surface area (Å²) in [5, 5.41) is 3.70. The van der Waals surface area contributed by atoms with Gasteiger partial charge in [-0.05, 0) is 64.5 Å². The second-order valence-corrected chi connectivity index (χ2v) is 7.82. The van der Waals surface area contributed by atoms with Gasteiger partial charge in [0.1, 0.15) is 0 Å². The molecule has 0 aliphatic heterocycles. The Labute approximate surface area is 132 Å². The summed E-state index contributed by atoms with van der Waals surface area (Å²) in [4.78, 5) is 0. The van der Waals surface area contributed by atoms with E-state index in [1.54, 1.807) is 0 Å². The van der Waals surface area contributed by atoms with Gasteiger partial charge in [-0.1, -0.05) is 56.5 Å². The topological polar surface area (TPSA) is 12.0 Å². The number of aryl methyl sites for hydroxylation is 1. The van der Waals surface area contributed by atoms with E-state index in [0.29, 0.717) is 0 Å². The molecule has 0 aromatic heterocycles. The third-order valence-electron chi connectivity index (χ3n) is 4.08. The minimum Gasteiger partial charge on any atom is -0.312 e. The molecule has 0 radical (unpaired) electrons. The van der Waals surface area contributed by atoms with Crippen LogP contribution in [0.4, 0.5) is 0 Å². The first-order valence-electron chi connectivity index (χ1n) is 8.60. The first-order valence-corrected chi connectivity index (χ1v) is 8.60. The maximum atomic E-state index is 3.70. The Hall–Kier alpha value is -0.820. The van der Waals surface area contributed by atoms with Crippen molar-refractivity contribution >= 4 is 0 Å². The normalized spacial score (nSPS) is 15.0. The van der Waals surface area contributed by atoms with Crippen molar-refractivity contribution in [3.63, 3.8) is 0 Å². The Balaban J connectivity index is 2.63. The molecule has 120 valence electrons. The van der Waals surface area contributed by atoms with Crippen LogP contribution in [0.5, 0.6) is 0 Å². The number of hydrogen-bond acceptors (Lipinski definition) is 1. The van der Waals surface area contributed by atoms with Crippen molar-refractivity contribution in [1.82, 2.24) is 5.32 Å². The molecule has 0 fully saturated rings. The maximum Gasteiger partial charge on any atom is 0.00966 e. The first-order chi connectivity index (χ1) is 9.80. The summed E-state index contributed by atoms with van der Waals surface area (Å²) < 4.78 is 0. The lowest BCUT2D eigenvalue weighted by Gasteiger charge is -2.27. The summed E-state index contributed by atoms with van der Waals surface area (Å²) in [5.41, 5.74) is 3.03. The highest BCUT2D eigenvalue weighted by molar-refractivity contribution is 5.21. The van der Waals surface area contributed by atoms with Gasteiger partial charge < -0.3 is 5.32 Å². The minimum atomic E-state index is 0.208. The van der Waals surface area contributed by atoms with Gasteiger partial charge in [0.2, 0.25) is 0 Å². The molecule has 1 heteroatoms. The third kappa shape index (κ3) is 8.26. The lowest BCUT2D eigenvalue weighted by molar-refractivity contribution is 0.315. The zero-order valence-corrected chi connectivity index (χ0v) is 15.0. The molecule has 1 aromatic carbocycles. The smallest absolute Gasteiger partial charge is 0.00966 e. The summed E-state index contributed by atoms with van der Waals surface area (Å²) >= 11 is 0. The Morgan fingerprint density at radius 1 is 1.10 bits per heavy atom. The summed E-state index contributed by atoms with van der Waals surface area (Å²) in [6.07, 6.45) is 5.16. The van der Waals surface area contributed by atoms with Crippen LogP contribution in [0.25, 0.3) is 0 Å². The Kier molecular flexibility index (Phi) is 7.45. The van der Waals surface area contributed by atoms with Gasteiger partial charge in [-0.3, -0.25) is 0 Å². The molecule has 1 N–H and O–H groups in total. The molecule has 0 spiro atoms. The number of benzene rings is 1. The minimum absolute atomic E-state index is 0.208. The van der Waals surface area contributed by atoms with Crippen LogP contribution in [0.3, 0.4) is 0 Å². The highest BCUT2D eigenvalue weighted by Gasteiger charge is 2.17. The summed E-state index contributed by atoms with van der Waals surface area (Å²) in [5.74, 6) is 1.56. The second-order valence-electron chi connectivity index (χ2n) is 7.82. The fourth-order valence-electron chi connectivity index (χ4n) is 2.93. The average molecular weight is 290 g/mol. The lowest BCUT2D eigenvalue weighted by atomic mass is 9.87. The van der Waals surface area contributed by atoms with Gasteiger partial charge in [0.15, 0.2) is 0 Å². The highest BCUT2D eigenvalue weighted by atomic mass is 14.9. The van der Waals surface area contributed by atoms with E-state index in [4.69, 9.17) is 0 Å². The number of rotatable bonds is 8. The first kappa shape index (κ1) is 18.2. The van der Waals surface area contributed by atoms with Crippen molar-refractivity contribution in [3.8, 4) is 0 Å². The van der Waals surface area contributed by atoms with E-state index in [0.717, 1.165) is 18.4 Å². The van der Waals surface area contributed by atoms with Crippen LogP contribution in [0.2, 0.25) is 0 Å². The number of hydrogen-bond donors (Lipinski definition) is 1. The van der Waals surface area contributed by atoms with Gasteiger partial charge in [-0.15, -0.1) is 0 Å². The fourth-order valence-corrected chi connectivity index (χ4v) is 2.93. The standard InChI is InChI=1S/C20H35N/c1-7-8-17(3)13-19(15-21-20(4,5)6)14-18-11-9-16(2)10-12-18/h9-12,17,19,21H,7-8,13-15H2,1-6H3. The van der Waals surface area contributed by atoms with Crippen molar-refractivity contribution < 1.29 is 0 Å². The van der Waals surface area contributed by atoms with Crippen molar-refractivity contribution in [3.05, 3.63) is 35.4 Å². The summed E-state index contributed by atoms with van der Waals surface area (Å²) in [6, 6.07) is 9.06. The fraction of sp³-hybridized carbons (Fsp3) is 0.700.